The molecule has 0 radical (unpaired) electrons. The molecule has 3 heterocycles. The molecular weight excluding hydrogens is 627 g/mol. The molecule has 0 atom stereocenters. The second-order valence-electron chi connectivity index (χ2n) is 10.4. The van der Waals surface area contributed by atoms with E-state index in [-0.39, 0.29) is 23.1 Å². The molecule has 0 aliphatic rings. The topological polar surface area (TPSA) is 57.0 Å². The standard InChI is InChI=1S/C18H13ClF2N3O2.3C4H9.Sn/c1-10-11(2)24(13-3-5-22-6-4-13)18(25)16(19)17(10)26-9-15-14(21)7-12(20)8-23-15;3*1-3-4-2;/h3-5,7-8H,9H2,1-2H3;3*1,3-4H2,2H3;. The number of hydrogen-bond acceptors (Lipinski definition) is 4. The summed E-state index contributed by atoms with van der Waals surface area (Å²) in [5.41, 5.74) is 1.63. The summed E-state index contributed by atoms with van der Waals surface area (Å²) in [4.78, 5) is 22.3. The number of unbranched alkanes of at least 4 members (excludes halogenated alkanes) is 3. The van der Waals surface area contributed by atoms with E-state index in [0.29, 0.717) is 11.3 Å². The number of ether oxygens (including phenoxy) is 1. The predicted octanol–water partition coefficient (Wildman–Crippen LogP) is 7.81. The summed E-state index contributed by atoms with van der Waals surface area (Å²) in [6, 6.07) is 4.75. The fourth-order valence-corrected chi connectivity index (χ4v) is 20.9. The summed E-state index contributed by atoms with van der Waals surface area (Å²) in [7, 11) is 0. The van der Waals surface area contributed by atoms with Crippen LogP contribution in [0.3, 0.4) is 0 Å². The van der Waals surface area contributed by atoms with Crippen molar-refractivity contribution < 1.29 is 13.5 Å². The molecule has 0 saturated carbocycles. The van der Waals surface area contributed by atoms with Crippen LogP contribution in [0.1, 0.15) is 76.2 Å². The molecular formula is C30H40ClF2N3O2Sn. The molecule has 212 valence electrons. The van der Waals surface area contributed by atoms with Crippen LogP contribution in [0, 0.1) is 25.5 Å². The van der Waals surface area contributed by atoms with Crippen LogP contribution in [0.15, 0.2) is 35.4 Å². The number of halogens is 3. The first-order valence-corrected chi connectivity index (χ1v) is 21.9. The molecule has 0 N–H and O–H groups in total. The first-order valence-electron chi connectivity index (χ1n) is 14.0. The molecule has 0 aliphatic heterocycles. The molecule has 3 rings (SSSR count). The van der Waals surface area contributed by atoms with Crippen LogP contribution in [0.2, 0.25) is 18.3 Å². The van der Waals surface area contributed by atoms with Crippen molar-refractivity contribution in [2.24, 2.45) is 0 Å². The first-order chi connectivity index (χ1) is 18.7. The van der Waals surface area contributed by atoms with E-state index in [1.807, 2.05) is 26.1 Å². The summed E-state index contributed by atoms with van der Waals surface area (Å²) >= 11 is 3.73. The minimum atomic E-state index is -2.83. The van der Waals surface area contributed by atoms with Crippen molar-refractivity contribution in [1.29, 1.82) is 0 Å². The number of pyridine rings is 3. The van der Waals surface area contributed by atoms with Gasteiger partial charge in [0.05, 0.1) is 0 Å². The molecule has 5 nitrogen and oxygen atoms in total. The van der Waals surface area contributed by atoms with E-state index in [2.05, 4.69) is 31.8 Å². The fourth-order valence-electron chi connectivity index (χ4n) is 5.17. The summed E-state index contributed by atoms with van der Waals surface area (Å²) in [5, 5.41) is -0.0864. The Morgan fingerprint density at radius 1 is 0.974 bits per heavy atom. The van der Waals surface area contributed by atoms with Crippen LogP contribution in [0.5, 0.6) is 5.75 Å². The third kappa shape index (κ3) is 7.40. The Kier molecular flexibility index (Phi) is 11.8. The number of hydrogen-bond donors (Lipinski definition) is 0. The average Bonchev–Trinajstić information content (AvgIpc) is 2.93. The molecule has 3 aromatic rings. The minimum absolute atomic E-state index is 0.0671. The summed E-state index contributed by atoms with van der Waals surface area (Å²) in [6.45, 7) is 10.1. The van der Waals surface area contributed by atoms with Gasteiger partial charge < -0.3 is 0 Å². The van der Waals surface area contributed by atoms with Crippen LogP contribution in [-0.2, 0) is 6.61 Å². The summed E-state index contributed by atoms with van der Waals surface area (Å²) in [6.07, 6.45) is 9.92. The van der Waals surface area contributed by atoms with Gasteiger partial charge in [0.2, 0.25) is 0 Å². The zero-order chi connectivity index (χ0) is 28.6. The van der Waals surface area contributed by atoms with Crippen molar-refractivity contribution in [2.45, 2.75) is 93.1 Å². The van der Waals surface area contributed by atoms with Gasteiger partial charge in [0.25, 0.3) is 0 Å². The van der Waals surface area contributed by atoms with E-state index in [9.17, 15) is 13.6 Å². The van der Waals surface area contributed by atoms with Crippen molar-refractivity contribution in [3.8, 4) is 11.4 Å². The molecule has 0 amide bonds. The van der Waals surface area contributed by atoms with Gasteiger partial charge >= 0.3 is 231 Å². The van der Waals surface area contributed by atoms with E-state index in [1.165, 1.54) is 55.5 Å². The van der Waals surface area contributed by atoms with Gasteiger partial charge in [0, 0.05) is 0 Å². The Balaban J connectivity index is 2.05. The van der Waals surface area contributed by atoms with Gasteiger partial charge in [0.1, 0.15) is 5.82 Å². The second kappa shape index (κ2) is 14.6. The Morgan fingerprint density at radius 3 is 2.15 bits per heavy atom. The van der Waals surface area contributed by atoms with Crippen molar-refractivity contribution in [2.75, 3.05) is 0 Å². The molecule has 0 fully saturated rings. The quantitative estimate of drug-likeness (QED) is 0.165. The van der Waals surface area contributed by atoms with E-state index in [1.54, 1.807) is 4.57 Å². The molecule has 0 unspecified atom stereocenters. The monoisotopic (exact) mass is 667 g/mol. The average molecular weight is 667 g/mol. The molecule has 0 aromatic carbocycles. The Bertz CT molecular complexity index is 1310. The van der Waals surface area contributed by atoms with Gasteiger partial charge in [0.15, 0.2) is 0 Å². The van der Waals surface area contributed by atoms with E-state index < -0.39 is 35.6 Å². The molecule has 3 aromatic heterocycles. The van der Waals surface area contributed by atoms with Gasteiger partial charge in [-0.2, -0.15) is 0 Å². The van der Waals surface area contributed by atoms with Crippen LogP contribution in [0.4, 0.5) is 8.78 Å². The molecule has 39 heavy (non-hydrogen) atoms. The third-order valence-electron chi connectivity index (χ3n) is 7.62. The van der Waals surface area contributed by atoms with Gasteiger partial charge in [-0.1, -0.05) is 0 Å². The zero-order valence-electron chi connectivity index (χ0n) is 23.7. The van der Waals surface area contributed by atoms with E-state index >= 15 is 0 Å². The number of rotatable bonds is 14. The maximum atomic E-state index is 14.1. The summed E-state index contributed by atoms with van der Waals surface area (Å²) < 4.78 is 39.8. The van der Waals surface area contributed by atoms with E-state index in [4.69, 9.17) is 21.3 Å². The van der Waals surface area contributed by atoms with E-state index in [0.717, 1.165) is 18.0 Å². The van der Waals surface area contributed by atoms with Gasteiger partial charge in [-0.25, -0.2) is 4.39 Å². The van der Waals surface area contributed by atoms with Crippen molar-refractivity contribution in [1.82, 2.24) is 14.5 Å². The molecule has 0 spiro atoms. The van der Waals surface area contributed by atoms with Crippen molar-refractivity contribution in [3.63, 3.8) is 0 Å². The SMILES string of the molecule is CCC[CH2][Sn]([CH2]CCC)([CH2]CCC)[c]1cc(-n2c(C)c(C)c(OCc3ncc(F)cc3F)c(Cl)c2=O)ccn1. The van der Waals surface area contributed by atoms with Gasteiger partial charge in [-0.05, 0) is 0 Å². The second-order valence-corrected chi connectivity index (χ2v) is 23.8. The number of nitrogens with zero attached hydrogens (tertiary/aromatic N) is 3. The molecule has 0 aliphatic carbocycles. The zero-order valence-corrected chi connectivity index (χ0v) is 27.4. The van der Waals surface area contributed by atoms with Crippen LogP contribution in [0.25, 0.3) is 5.69 Å². The Morgan fingerprint density at radius 2 is 1.59 bits per heavy atom. The Hall–Kier alpha value is -2.00. The van der Waals surface area contributed by atoms with Crippen molar-refractivity contribution >= 4 is 33.7 Å². The predicted molar refractivity (Wildman–Crippen MR) is 157 cm³/mol. The van der Waals surface area contributed by atoms with Crippen LogP contribution < -0.4 is 14.0 Å². The van der Waals surface area contributed by atoms with Crippen molar-refractivity contribution in [3.05, 3.63) is 74.6 Å². The first kappa shape index (κ1) is 31.5. The Labute approximate surface area is 239 Å². The van der Waals surface area contributed by atoms with Gasteiger partial charge in [-0.3, -0.25) is 0 Å². The molecule has 0 bridgehead atoms. The third-order valence-corrected chi connectivity index (χ3v) is 23.1. The number of aromatic nitrogens is 3. The molecule has 0 saturated heterocycles. The summed E-state index contributed by atoms with van der Waals surface area (Å²) in [5.74, 6) is -1.41. The van der Waals surface area contributed by atoms with Crippen LogP contribution in [-0.4, -0.2) is 32.9 Å². The molecule has 9 heteroatoms. The van der Waals surface area contributed by atoms with Gasteiger partial charge in [-0.15, -0.1) is 0 Å². The fraction of sp³-hybridized carbons (Fsp3) is 0.500. The van der Waals surface area contributed by atoms with Crippen LogP contribution >= 0.6 is 11.6 Å². The maximum absolute atomic E-state index is 14.1. The normalized spacial score (nSPS) is 11.7.